The molecule has 1 atom stereocenters. The van der Waals surface area contributed by atoms with Crippen LogP contribution in [-0.2, 0) is 11.3 Å². The zero-order valence-electron chi connectivity index (χ0n) is 11.9. The minimum absolute atomic E-state index is 0. The van der Waals surface area contributed by atoms with Crippen LogP contribution in [0.4, 0.5) is 0 Å². The average Bonchev–Trinajstić information content (AvgIpc) is 2.44. The van der Waals surface area contributed by atoms with E-state index in [4.69, 9.17) is 5.73 Å². The van der Waals surface area contributed by atoms with Gasteiger partial charge in [0, 0.05) is 23.5 Å². The van der Waals surface area contributed by atoms with Gasteiger partial charge in [0.05, 0.1) is 6.04 Å². The second-order valence-corrected chi connectivity index (χ2v) is 4.82. The van der Waals surface area contributed by atoms with E-state index in [2.05, 4.69) is 10.3 Å². The molecule has 0 radical (unpaired) electrons. The number of pyridine rings is 1. The van der Waals surface area contributed by atoms with Crippen molar-refractivity contribution in [2.24, 2.45) is 5.73 Å². The third-order valence-corrected chi connectivity index (χ3v) is 3.23. The first-order valence-electron chi connectivity index (χ1n) is 6.76. The van der Waals surface area contributed by atoms with E-state index in [1.54, 1.807) is 0 Å². The summed E-state index contributed by atoms with van der Waals surface area (Å²) in [6, 6.07) is 8.53. The molecule has 1 aromatic carbocycles. The van der Waals surface area contributed by atoms with Gasteiger partial charge in [0.2, 0.25) is 11.5 Å². The van der Waals surface area contributed by atoms with Gasteiger partial charge in [-0.1, -0.05) is 31.5 Å². The molecule has 0 spiro atoms. The van der Waals surface area contributed by atoms with Gasteiger partial charge in [-0.2, -0.15) is 0 Å². The number of hydrogen-bond acceptors (Lipinski definition) is 3. The Hall–Kier alpha value is -1.85. The lowest BCUT2D eigenvalue weighted by Gasteiger charge is -2.12. The molecule has 114 valence electrons. The maximum atomic E-state index is 11.8. The molecule has 0 aliphatic rings. The van der Waals surface area contributed by atoms with Crippen LogP contribution in [0.1, 0.15) is 25.3 Å². The van der Waals surface area contributed by atoms with Crippen LogP contribution in [0.5, 0.6) is 0 Å². The van der Waals surface area contributed by atoms with Crippen molar-refractivity contribution < 1.29 is 4.79 Å². The van der Waals surface area contributed by atoms with E-state index in [9.17, 15) is 9.59 Å². The van der Waals surface area contributed by atoms with Crippen LogP contribution in [-0.4, -0.2) is 16.9 Å². The van der Waals surface area contributed by atoms with Crippen molar-refractivity contribution in [3.05, 3.63) is 46.2 Å². The number of aromatic amines is 1. The van der Waals surface area contributed by atoms with E-state index in [0.29, 0.717) is 13.0 Å². The van der Waals surface area contributed by atoms with Crippen molar-refractivity contribution in [2.75, 3.05) is 0 Å². The van der Waals surface area contributed by atoms with Crippen LogP contribution in [0.3, 0.4) is 0 Å². The highest BCUT2D eigenvalue weighted by Crippen LogP contribution is 2.14. The Labute approximate surface area is 129 Å². The van der Waals surface area contributed by atoms with Crippen molar-refractivity contribution in [2.45, 2.75) is 32.4 Å². The Balaban J connectivity index is 0.00000220. The Morgan fingerprint density at radius 1 is 1.38 bits per heavy atom. The van der Waals surface area contributed by atoms with Crippen molar-refractivity contribution in [1.82, 2.24) is 10.3 Å². The highest BCUT2D eigenvalue weighted by Gasteiger charge is 2.12. The first kappa shape index (κ1) is 17.2. The molecule has 0 saturated carbocycles. The summed E-state index contributed by atoms with van der Waals surface area (Å²) < 4.78 is 0. The lowest BCUT2D eigenvalue weighted by Crippen LogP contribution is -2.40. The molecule has 1 heterocycles. The van der Waals surface area contributed by atoms with Crippen molar-refractivity contribution in [3.63, 3.8) is 0 Å². The molecule has 0 aliphatic heterocycles. The molecular weight excluding hydrogens is 290 g/mol. The zero-order valence-corrected chi connectivity index (χ0v) is 12.7. The smallest absolute Gasteiger partial charge is 0.248 e. The molecule has 6 heteroatoms. The molecule has 1 amide bonds. The summed E-state index contributed by atoms with van der Waals surface area (Å²) >= 11 is 0. The summed E-state index contributed by atoms with van der Waals surface area (Å²) in [4.78, 5) is 26.2. The van der Waals surface area contributed by atoms with Gasteiger partial charge in [-0.25, -0.2) is 0 Å². The SMILES string of the molecule is CCCC(N)C(=O)NCc1cc(=O)[nH]c2ccccc12.Cl. The molecule has 0 bridgehead atoms. The Morgan fingerprint density at radius 3 is 2.81 bits per heavy atom. The van der Waals surface area contributed by atoms with E-state index in [-0.39, 0.29) is 23.9 Å². The number of fused-ring (bicyclic) bond motifs is 1. The monoisotopic (exact) mass is 309 g/mol. The van der Waals surface area contributed by atoms with Gasteiger partial charge in [0.15, 0.2) is 0 Å². The quantitative estimate of drug-likeness (QED) is 0.785. The summed E-state index contributed by atoms with van der Waals surface area (Å²) in [6.07, 6.45) is 1.52. The van der Waals surface area contributed by atoms with Gasteiger partial charge in [0.1, 0.15) is 0 Å². The number of rotatable bonds is 5. The molecule has 4 N–H and O–H groups in total. The summed E-state index contributed by atoms with van der Waals surface area (Å²) in [5.41, 5.74) is 7.14. The van der Waals surface area contributed by atoms with E-state index in [1.807, 2.05) is 31.2 Å². The Kier molecular flexibility index (Phi) is 6.39. The zero-order chi connectivity index (χ0) is 14.5. The average molecular weight is 310 g/mol. The summed E-state index contributed by atoms with van der Waals surface area (Å²) in [5, 5.41) is 3.71. The van der Waals surface area contributed by atoms with Gasteiger partial charge >= 0.3 is 0 Å². The number of hydrogen-bond donors (Lipinski definition) is 3. The minimum atomic E-state index is -0.492. The van der Waals surface area contributed by atoms with Crippen LogP contribution in [0.25, 0.3) is 10.9 Å². The number of halogens is 1. The third kappa shape index (κ3) is 4.31. The summed E-state index contributed by atoms with van der Waals surface area (Å²) in [7, 11) is 0. The highest BCUT2D eigenvalue weighted by atomic mass is 35.5. The van der Waals surface area contributed by atoms with E-state index in [0.717, 1.165) is 22.9 Å². The van der Waals surface area contributed by atoms with Crippen LogP contribution in [0.2, 0.25) is 0 Å². The number of H-pyrrole nitrogens is 1. The fourth-order valence-electron chi connectivity index (χ4n) is 2.18. The van der Waals surface area contributed by atoms with Gasteiger partial charge in [-0.3, -0.25) is 9.59 Å². The number of nitrogens with two attached hydrogens (primary N) is 1. The Bertz CT molecular complexity index is 669. The fraction of sp³-hybridized carbons (Fsp3) is 0.333. The fourth-order valence-corrected chi connectivity index (χ4v) is 2.18. The van der Waals surface area contributed by atoms with Crippen molar-refractivity contribution in [3.8, 4) is 0 Å². The van der Waals surface area contributed by atoms with E-state index >= 15 is 0 Å². The van der Waals surface area contributed by atoms with E-state index < -0.39 is 6.04 Å². The summed E-state index contributed by atoms with van der Waals surface area (Å²) in [6.45, 7) is 2.29. The molecule has 5 nitrogen and oxygen atoms in total. The molecule has 0 aliphatic carbocycles. The molecule has 21 heavy (non-hydrogen) atoms. The predicted molar refractivity (Wildman–Crippen MR) is 86.5 cm³/mol. The molecular formula is C15H20ClN3O2. The Morgan fingerprint density at radius 2 is 2.10 bits per heavy atom. The van der Waals surface area contributed by atoms with Crippen LogP contribution >= 0.6 is 12.4 Å². The predicted octanol–water partition coefficient (Wildman–Crippen LogP) is 1.69. The first-order valence-corrected chi connectivity index (χ1v) is 6.76. The van der Waals surface area contributed by atoms with Crippen LogP contribution < -0.4 is 16.6 Å². The third-order valence-electron chi connectivity index (χ3n) is 3.23. The largest absolute Gasteiger partial charge is 0.351 e. The maximum Gasteiger partial charge on any atom is 0.248 e. The lowest BCUT2D eigenvalue weighted by atomic mass is 10.1. The van der Waals surface area contributed by atoms with Gasteiger partial charge in [-0.05, 0) is 18.1 Å². The topological polar surface area (TPSA) is 88.0 Å². The van der Waals surface area contributed by atoms with Gasteiger partial charge in [-0.15, -0.1) is 12.4 Å². The van der Waals surface area contributed by atoms with Crippen molar-refractivity contribution in [1.29, 1.82) is 0 Å². The normalized spacial score (nSPS) is 11.7. The number of benzene rings is 1. The van der Waals surface area contributed by atoms with Gasteiger partial charge in [0.25, 0.3) is 0 Å². The molecule has 0 fully saturated rings. The maximum absolute atomic E-state index is 11.8. The standard InChI is InChI=1S/C15H19N3O2.ClH/c1-2-5-12(16)15(20)17-9-10-8-14(19)18-13-7-4-3-6-11(10)13;/h3-4,6-8,12H,2,5,9,16H2,1H3,(H,17,20)(H,18,19);1H. The minimum Gasteiger partial charge on any atom is -0.351 e. The molecule has 1 unspecified atom stereocenters. The van der Waals surface area contributed by atoms with E-state index in [1.165, 1.54) is 6.07 Å². The number of carbonyl (C=O) groups excluding carboxylic acids is 1. The molecule has 1 aromatic heterocycles. The summed E-state index contributed by atoms with van der Waals surface area (Å²) in [5.74, 6) is -0.184. The number of amides is 1. The lowest BCUT2D eigenvalue weighted by molar-refractivity contribution is -0.122. The highest BCUT2D eigenvalue weighted by molar-refractivity contribution is 5.85. The molecule has 2 rings (SSSR count). The number of para-hydroxylation sites is 1. The number of nitrogens with one attached hydrogen (secondary N) is 2. The van der Waals surface area contributed by atoms with Crippen molar-refractivity contribution >= 4 is 29.2 Å². The second-order valence-electron chi connectivity index (χ2n) is 4.82. The van der Waals surface area contributed by atoms with Gasteiger partial charge < -0.3 is 16.0 Å². The number of carbonyl (C=O) groups is 1. The molecule has 0 saturated heterocycles. The second kappa shape index (κ2) is 7.81. The molecule has 2 aromatic rings. The number of aromatic nitrogens is 1. The van der Waals surface area contributed by atoms with Crippen LogP contribution in [0, 0.1) is 0 Å². The van der Waals surface area contributed by atoms with Crippen LogP contribution in [0.15, 0.2) is 35.1 Å². The first-order chi connectivity index (χ1) is 9.61.